The molecular weight excluding hydrogens is 356 g/mol. The van der Waals surface area contributed by atoms with E-state index in [-0.39, 0.29) is 11.3 Å². The first-order chi connectivity index (χ1) is 13.3. The van der Waals surface area contributed by atoms with Gasteiger partial charge < -0.3 is 4.90 Å². The van der Waals surface area contributed by atoms with Crippen LogP contribution in [0.4, 0.5) is 11.5 Å². The van der Waals surface area contributed by atoms with Gasteiger partial charge >= 0.3 is 5.69 Å². The van der Waals surface area contributed by atoms with E-state index in [0.717, 1.165) is 28.0 Å². The summed E-state index contributed by atoms with van der Waals surface area (Å²) in [5.74, 6) is -0.349. The van der Waals surface area contributed by atoms with Crippen molar-refractivity contribution >= 4 is 23.0 Å². The summed E-state index contributed by atoms with van der Waals surface area (Å²) in [6, 6.07) is 7.92. The Balaban J connectivity index is 2.01. The molecule has 2 aromatic rings. The third-order valence-electron chi connectivity index (χ3n) is 5.89. The second kappa shape index (κ2) is 6.58. The van der Waals surface area contributed by atoms with Gasteiger partial charge in [0.25, 0.3) is 5.56 Å². The van der Waals surface area contributed by atoms with E-state index in [1.807, 2.05) is 43.3 Å². The number of carbonyl (C=O) groups is 1. The Labute approximate surface area is 162 Å². The van der Waals surface area contributed by atoms with Crippen LogP contribution in [0.3, 0.4) is 0 Å². The van der Waals surface area contributed by atoms with Gasteiger partial charge in [0.05, 0.1) is 11.5 Å². The number of Topliss-reactive ketones (excluding diaryl/α,β-unsaturated/α-hetero) is 1. The third kappa shape index (κ3) is 2.65. The molecule has 28 heavy (non-hydrogen) atoms. The average molecular weight is 380 g/mol. The van der Waals surface area contributed by atoms with Crippen molar-refractivity contribution in [2.75, 3.05) is 19.0 Å². The van der Waals surface area contributed by atoms with Crippen molar-refractivity contribution in [2.24, 2.45) is 25.0 Å². The molecule has 1 fully saturated rings. The van der Waals surface area contributed by atoms with Gasteiger partial charge in [0.1, 0.15) is 11.6 Å². The highest BCUT2D eigenvalue weighted by molar-refractivity contribution is 6.10. The summed E-state index contributed by atoms with van der Waals surface area (Å²) in [5.41, 5.74) is 2.38. The summed E-state index contributed by atoms with van der Waals surface area (Å²) in [6.07, 6.45) is 1.97. The molecule has 2 atom stereocenters. The molecule has 0 saturated heterocycles. The van der Waals surface area contributed by atoms with Crippen LogP contribution in [-0.2, 0) is 18.9 Å². The van der Waals surface area contributed by atoms with Crippen molar-refractivity contribution in [3.8, 4) is 0 Å². The zero-order chi connectivity index (χ0) is 20.2. The van der Waals surface area contributed by atoms with Gasteiger partial charge in [-0.2, -0.15) is 0 Å². The average Bonchev–Trinajstić information content (AvgIpc) is 2.69. The molecule has 1 aromatic heterocycles. The number of hydrogen-bond acceptors (Lipinski definition) is 5. The second-order valence-corrected chi connectivity index (χ2v) is 7.81. The molecule has 0 N–H and O–H groups in total. The predicted molar refractivity (Wildman–Crippen MR) is 109 cm³/mol. The topological polar surface area (TPSA) is 76.7 Å². The lowest BCUT2D eigenvalue weighted by molar-refractivity contribution is -0.121. The molecule has 0 bridgehead atoms. The Morgan fingerprint density at radius 3 is 2.29 bits per heavy atom. The van der Waals surface area contributed by atoms with Crippen molar-refractivity contribution in [3.63, 3.8) is 0 Å². The summed E-state index contributed by atoms with van der Waals surface area (Å²) in [6.45, 7) is 0. The fourth-order valence-corrected chi connectivity index (χ4v) is 4.35. The van der Waals surface area contributed by atoms with Crippen LogP contribution in [0.2, 0.25) is 0 Å². The molecule has 1 aliphatic carbocycles. The molecule has 0 amide bonds. The first-order valence-electron chi connectivity index (χ1n) is 9.48. The zero-order valence-electron chi connectivity index (χ0n) is 16.6. The summed E-state index contributed by atoms with van der Waals surface area (Å²) >= 11 is 0. The summed E-state index contributed by atoms with van der Waals surface area (Å²) < 4.78 is 2.52. The summed E-state index contributed by atoms with van der Waals surface area (Å²) in [7, 11) is 7.03. The fourth-order valence-electron chi connectivity index (χ4n) is 4.35. The van der Waals surface area contributed by atoms with Crippen LogP contribution in [0.15, 0.2) is 38.8 Å². The normalized spacial score (nSPS) is 21.0. The van der Waals surface area contributed by atoms with E-state index >= 15 is 0 Å². The number of benzene rings is 1. The minimum absolute atomic E-state index is 0.119. The molecule has 1 saturated carbocycles. The number of anilines is 1. The first-order valence-corrected chi connectivity index (χ1v) is 9.48. The van der Waals surface area contributed by atoms with E-state index in [1.165, 1.54) is 11.6 Å². The van der Waals surface area contributed by atoms with E-state index in [9.17, 15) is 14.4 Å². The van der Waals surface area contributed by atoms with Crippen LogP contribution in [0.25, 0.3) is 0 Å². The van der Waals surface area contributed by atoms with E-state index in [1.54, 1.807) is 7.05 Å². The Hall–Kier alpha value is -2.96. The molecule has 1 aromatic carbocycles. The molecule has 2 heterocycles. The number of fused-ring (bicyclic) bond motifs is 2. The van der Waals surface area contributed by atoms with E-state index in [2.05, 4.69) is 4.99 Å². The lowest BCUT2D eigenvalue weighted by atomic mass is 9.70. The molecule has 4 rings (SSSR count). The lowest BCUT2D eigenvalue weighted by Gasteiger charge is -2.35. The fraction of sp³-hybridized carbons (Fsp3) is 0.429. The van der Waals surface area contributed by atoms with E-state index < -0.39 is 17.5 Å². The standard InChI is InChI=1S/C21H24N4O3/c1-23(2)13-10-8-12(9-11-13)16-17-14(6-5-7-15(17)26)22-19-18(16)20(27)25(4)21(28)24(19)3/h8-11,16-17H,5-7H2,1-4H3/t16-,17-/m0/s1. The molecule has 0 spiro atoms. The van der Waals surface area contributed by atoms with E-state index in [4.69, 9.17) is 0 Å². The highest BCUT2D eigenvalue weighted by atomic mass is 16.2. The minimum Gasteiger partial charge on any atom is -0.378 e. The van der Waals surface area contributed by atoms with Gasteiger partial charge in [0, 0.05) is 51.9 Å². The van der Waals surface area contributed by atoms with Crippen molar-refractivity contribution in [1.29, 1.82) is 0 Å². The second-order valence-electron chi connectivity index (χ2n) is 7.81. The third-order valence-corrected chi connectivity index (χ3v) is 5.89. The van der Waals surface area contributed by atoms with Gasteiger partial charge in [-0.3, -0.25) is 18.7 Å². The number of carbonyl (C=O) groups excluding carboxylic acids is 1. The molecule has 2 aliphatic rings. The largest absolute Gasteiger partial charge is 0.378 e. The van der Waals surface area contributed by atoms with Crippen LogP contribution >= 0.6 is 0 Å². The number of hydrogen-bond donors (Lipinski definition) is 0. The molecule has 7 heteroatoms. The van der Waals surface area contributed by atoms with Crippen LogP contribution in [0.1, 0.15) is 36.3 Å². The number of nitrogens with zero attached hydrogens (tertiary/aromatic N) is 4. The maximum atomic E-state index is 13.1. The van der Waals surface area contributed by atoms with Crippen molar-refractivity contribution < 1.29 is 4.79 Å². The number of ketones is 1. The SMILES string of the molecule is CN(C)c1ccc([C@@H]2c3c(n(C)c(=O)n(C)c3=O)N=C3CCCC(=O)[C@H]32)cc1. The highest BCUT2D eigenvalue weighted by Crippen LogP contribution is 2.43. The minimum atomic E-state index is -0.434. The molecule has 0 unspecified atom stereocenters. The van der Waals surface area contributed by atoms with Gasteiger partial charge in [-0.15, -0.1) is 0 Å². The van der Waals surface area contributed by atoms with Crippen LogP contribution in [0, 0.1) is 5.92 Å². The summed E-state index contributed by atoms with van der Waals surface area (Å²) in [4.78, 5) is 45.0. The zero-order valence-corrected chi connectivity index (χ0v) is 16.6. The monoisotopic (exact) mass is 380 g/mol. The van der Waals surface area contributed by atoms with Crippen LogP contribution in [-0.4, -0.2) is 34.7 Å². The Morgan fingerprint density at radius 1 is 0.964 bits per heavy atom. The smallest absolute Gasteiger partial charge is 0.332 e. The molecular formula is C21H24N4O3. The van der Waals surface area contributed by atoms with Crippen LogP contribution < -0.4 is 16.1 Å². The number of aliphatic imine (C=N–C) groups is 1. The summed E-state index contributed by atoms with van der Waals surface area (Å²) in [5, 5.41) is 0. The van der Waals surface area contributed by atoms with Gasteiger partial charge in [-0.05, 0) is 30.5 Å². The highest BCUT2D eigenvalue weighted by Gasteiger charge is 2.43. The van der Waals surface area contributed by atoms with Crippen molar-refractivity contribution in [2.45, 2.75) is 25.2 Å². The first kappa shape index (κ1) is 18.4. The van der Waals surface area contributed by atoms with Gasteiger partial charge in [0.2, 0.25) is 0 Å². The number of aromatic nitrogens is 2. The van der Waals surface area contributed by atoms with Crippen molar-refractivity contribution in [3.05, 3.63) is 56.2 Å². The lowest BCUT2D eigenvalue weighted by Crippen LogP contribution is -2.45. The van der Waals surface area contributed by atoms with Crippen LogP contribution in [0.5, 0.6) is 0 Å². The molecule has 1 aliphatic heterocycles. The Bertz CT molecular complexity index is 1110. The van der Waals surface area contributed by atoms with Gasteiger partial charge in [-0.25, -0.2) is 9.79 Å². The molecule has 146 valence electrons. The molecule has 7 nitrogen and oxygen atoms in total. The quantitative estimate of drug-likeness (QED) is 0.795. The number of rotatable bonds is 2. The molecule has 0 radical (unpaired) electrons. The van der Waals surface area contributed by atoms with Crippen molar-refractivity contribution in [1.82, 2.24) is 9.13 Å². The van der Waals surface area contributed by atoms with Gasteiger partial charge in [0.15, 0.2) is 0 Å². The maximum Gasteiger partial charge on any atom is 0.332 e. The Kier molecular flexibility index (Phi) is 4.33. The maximum absolute atomic E-state index is 13.1. The van der Waals surface area contributed by atoms with E-state index in [0.29, 0.717) is 24.2 Å². The van der Waals surface area contributed by atoms with Gasteiger partial charge in [-0.1, -0.05) is 12.1 Å². The predicted octanol–water partition coefficient (Wildman–Crippen LogP) is 1.74. The Morgan fingerprint density at radius 2 is 1.64 bits per heavy atom.